The molecule has 0 bridgehead atoms. The number of benzene rings is 2. The van der Waals surface area contributed by atoms with Crippen LogP contribution in [0.5, 0.6) is 0 Å². The summed E-state index contributed by atoms with van der Waals surface area (Å²) in [6.45, 7) is 4.54. The molecule has 6 rings (SSSR count). The zero-order valence-corrected chi connectivity index (χ0v) is 18.1. The van der Waals surface area contributed by atoms with Gasteiger partial charge in [0.25, 0.3) is 5.56 Å². The zero-order valence-electron chi connectivity index (χ0n) is 18.1. The fourth-order valence-corrected chi connectivity index (χ4v) is 4.74. The molecule has 8 nitrogen and oxygen atoms in total. The van der Waals surface area contributed by atoms with Crippen LogP contribution in [0.3, 0.4) is 0 Å². The lowest BCUT2D eigenvalue weighted by Crippen LogP contribution is -2.39. The third kappa shape index (κ3) is 3.35. The molecule has 2 fully saturated rings. The van der Waals surface area contributed by atoms with Gasteiger partial charge in [-0.3, -0.25) is 14.9 Å². The number of anilines is 2. The minimum atomic E-state index is -0.297. The maximum absolute atomic E-state index is 16.2. The summed E-state index contributed by atoms with van der Waals surface area (Å²) in [7, 11) is 0. The first-order valence-electron chi connectivity index (χ1n) is 11.2. The van der Waals surface area contributed by atoms with Gasteiger partial charge in [0, 0.05) is 32.4 Å². The number of aromatic nitrogens is 3. The Morgan fingerprint density at radius 3 is 2.30 bits per heavy atom. The van der Waals surface area contributed by atoms with Gasteiger partial charge in [-0.1, -0.05) is 18.2 Å². The molecular weight excluding hydrogens is 425 g/mol. The van der Waals surface area contributed by atoms with Crippen molar-refractivity contribution in [3.63, 3.8) is 0 Å². The maximum Gasteiger partial charge on any atom is 0.280 e. The molecule has 0 unspecified atom stereocenters. The standard InChI is InChI=1S/C24H24FN5O3/c25-21-19(28-6-10-32-11-7-28)14-18-20(23(21)29-8-12-33-13-9-29)22-17(15-26-18)24(31)30(27-22)16-4-2-1-3-5-16/h1-5,14-15,27H,6-13H2. The fraction of sp³-hybridized carbons (Fsp3) is 0.333. The average Bonchev–Trinajstić information content (AvgIpc) is 3.22. The fourth-order valence-electron chi connectivity index (χ4n) is 4.74. The summed E-state index contributed by atoms with van der Waals surface area (Å²) >= 11 is 0. The molecule has 2 aliphatic rings. The second kappa shape index (κ2) is 8.17. The van der Waals surface area contributed by atoms with Crippen molar-refractivity contribution >= 4 is 33.2 Å². The van der Waals surface area contributed by atoms with Crippen LogP contribution in [0.4, 0.5) is 15.8 Å². The zero-order chi connectivity index (χ0) is 22.4. The summed E-state index contributed by atoms with van der Waals surface area (Å²) in [4.78, 5) is 21.8. The lowest BCUT2D eigenvalue weighted by Gasteiger charge is -2.34. The Bertz CT molecular complexity index is 1370. The number of hydrogen-bond acceptors (Lipinski definition) is 6. The molecule has 2 saturated heterocycles. The number of morpholine rings is 2. The summed E-state index contributed by atoms with van der Waals surface area (Å²) in [5.74, 6) is -0.297. The first-order valence-corrected chi connectivity index (χ1v) is 11.2. The van der Waals surface area contributed by atoms with Crippen molar-refractivity contribution in [1.82, 2.24) is 14.8 Å². The summed E-state index contributed by atoms with van der Waals surface area (Å²) in [6.07, 6.45) is 1.58. The third-order valence-corrected chi connectivity index (χ3v) is 6.40. The SMILES string of the molecule is O=c1c2cnc3cc(N4CCOCC4)c(F)c(N4CCOCC4)c3c2[nH]n1-c1ccccc1. The predicted octanol–water partition coefficient (Wildman–Crippen LogP) is 2.68. The van der Waals surface area contributed by atoms with Gasteiger partial charge in [0.2, 0.25) is 0 Å². The Morgan fingerprint density at radius 1 is 0.939 bits per heavy atom. The van der Waals surface area contributed by atoms with Gasteiger partial charge in [-0.05, 0) is 18.2 Å². The van der Waals surface area contributed by atoms with E-state index in [1.54, 1.807) is 12.3 Å². The molecule has 9 heteroatoms. The first kappa shape index (κ1) is 20.2. The molecule has 170 valence electrons. The lowest BCUT2D eigenvalue weighted by atomic mass is 10.1. The molecule has 0 aliphatic carbocycles. The Kier molecular flexibility index (Phi) is 5.00. The summed E-state index contributed by atoms with van der Waals surface area (Å²) in [6, 6.07) is 11.1. The molecule has 0 spiro atoms. The summed E-state index contributed by atoms with van der Waals surface area (Å²) in [5.41, 5.74) is 2.72. The number of para-hydroxylation sites is 1. The Hall–Kier alpha value is -3.43. The normalized spacial score (nSPS) is 17.2. The molecule has 2 aliphatic heterocycles. The van der Waals surface area contributed by atoms with Gasteiger partial charge in [-0.25, -0.2) is 9.07 Å². The van der Waals surface area contributed by atoms with E-state index in [1.807, 2.05) is 40.1 Å². The van der Waals surface area contributed by atoms with Gasteiger partial charge in [0.05, 0.1) is 65.3 Å². The number of pyridine rings is 1. The van der Waals surface area contributed by atoms with E-state index in [0.29, 0.717) is 91.5 Å². The van der Waals surface area contributed by atoms with Gasteiger partial charge in [0.1, 0.15) is 0 Å². The molecule has 2 aromatic heterocycles. The lowest BCUT2D eigenvalue weighted by molar-refractivity contribution is 0.122. The number of nitrogens with zero attached hydrogens (tertiary/aromatic N) is 4. The van der Waals surface area contributed by atoms with E-state index >= 15 is 4.39 Å². The number of fused-ring (bicyclic) bond motifs is 3. The minimum Gasteiger partial charge on any atom is -0.378 e. The van der Waals surface area contributed by atoms with E-state index in [1.165, 1.54) is 4.68 Å². The second-order valence-electron chi connectivity index (χ2n) is 8.29. The van der Waals surface area contributed by atoms with Crippen LogP contribution >= 0.6 is 0 Å². The van der Waals surface area contributed by atoms with Crippen LogP contribution < -0.4 is 15.4 Å². The second-order valence-corrected chi connectivity index (χ2v) is 8.29. The third-order valence-electron chi connectivity index (χ3n) is 6.40. The molecule has 0 radical (unpaired) electrons. The van der Waals surface area contributed by atoms with Gasteiger partial charge < -0.3 is 19.3 Å². The number of ether oxygens (including phenoxy) is 2. The highest BCUT2D eigenvalue weighted by molar-refractivity contribution is 6.11. The van der Waals surface area contributed by atoms with Crippen LogP contribution in [0.1, 0.15) is 0 Å². The van der Waals surface area contributed by atoms with Crippen molar-refractivity contribution in [1.29, 1.82) is 0 Å². The molecule has 0 atom stereocenters. The smallest absolute Gasteiger partial charge is 0.280 e. The number of nitrogens with one attached hydrogen (secondary N) is 1. The van der Waals surface area contributed by atoms with Crippen LogP contribution in [0.15, 0.2) is 47.4 Å². The van der Waals surface area contributed by atoms with Crippen molar-refractivity contribution < 1.29 is 13.9 Å². The minimum absolute atomic E-state index is 0.212. The van der Waals surface area contributed by atoms with Crippen molar-refractivity contribution in [2.45, 2.75) is 0 Å². The van der Waals surface area contributed by atoms with Crippen molar-refractivity contribution in [3.8, 4) is 5.69 Å². The van der Waals surface area contributed by atoms with E-state index in [0.717, 1.165) is 0 Å². The monoisotopic (exact) mass is 449 g/mol. The van der Waals surface area contributed by atoms with Gasteiger partial charge in [-0.15, -0.1) is 0 Å². The number of rotatable bonds is 3. The molecule has 1 N–H and O–H groups in total. The van der Waals surface area contributed by atoms with Crippen LogP contribution in [-0.4, -0.2) is 67.4 Å². The Morgan fingerprint density at radius 2 is 1.61 bits per heavy atom. The van der Waals surface area contributed by atoms with Crippen molar-refractivity contribution in [2.75, 3.05) is 62.4 Å². The molecule has 4 aromatic rings. The van der Waals surface area contributed by atoms with Crippen molar-refractivity contribution in [2.24, 2.45) is 0 Å². The quantitative estimate of drug-likeness (QED) is 0.518. The predicted molar refractivity (Wildman–Crippen MR) is 125 cm³/mol. The van der Waals surface area contributed by atoms with Gasteiger partial charge in [0.15, 0.2) is 5.82 Å². The average molecular weight is 449 g/mol. The number of H-pyrrole nitrogens is 1. The summed E-state index contributed by atoms with van der Waals surface area (Å²) < 4.78 is 28.7. The van der Waals surface area contributed by atoms with E-state index < -0.39 is 0 Å². The van der Waals surface area contributed by atoms with Crippen LogP contribution in [-0.2, 0) is 9.47 Å². The van der Waals surface area contributed by atoms with Crippen LogP contribution in [0.25, 0.3) is 27.5 Å². The van der Waals surface area contributed by atoms with E-state index in [-0.39, 0.29) is 11.4 Å². The molecule has 4 heterocycles. The Labute approximate surface area is 189 Å². The molecular formula is C24H24FN5O3. The molecule has 2 aromatic carbocycles. The van der Waals surface area contributed by atoms with Crippen LogP contribution in [0.2, 0.25) is 0 Å². The molecule has 33 heavy (non-hydrogen) atoms. The maximum atomic E-state index is 16.2. The molecule has 0 amide bonds. The van der Waals surface area contributed by atoms with E-state index in [4.69, 9.17) is 9.47 Å². The highest BCUT2D eigenvalue weighted by Gasteiger charge is 2.27. The largest absolute Gasteiger partial charge is 0.378 e. The number of aromatic amines is 1. The van der Waals surface area contributed by atoms with E-state index in [2.05, 4.69) is 10.1 Å². The van der Waals surface area contributed by atoms with Crippen molar-refractivity contribution in [3.05, 3.63) is 58.8 Å². The summed E-state index contributed by atoms with van der Waals surface area (Å²) in [5, 5.41) is 4.29. The molecule has 0 saturated carbocycles. The Balaban J connectivity index is 1.64. The highest BCUT2D eigenvalue weighted by Crippen LogP contribution is 2.39. The topological polar surface area (TPSA) is 75.6 Å². The van der Waals surface area contributed by atoms with Gasteiger partial charge >= 0.3 is 0 Å². The number of halogens is 1. The number of hydrogen-bond donors (Lipinski definition) is 1. The first-order chi connectivity index (χ1) is 16.2. The van der Waals surface area contributed by atoms with Gasteiger partial charge in [-0.2, -0.15) is 0 Å². The van der Waals surface area contributed by atoms with E-state index in [9.17, 15) is 4.79 Å². The highest BCUT2D eigenvalue weighted by atomic mass is 19.1. The van der Waals surface area contributed by atoms with Crippen LogP contribution in [0, 0.1) is 5.82 Å².